The van der Waals surface area contributed by atoms with Crippen molar-refractivity contribution in [3.63, 3.8) is 0 Å². The van der Waals surface area contributed by atoms with Crippen LogP contribution in [0, 0.1) is 0 Å². The van der Waals surface area contributed by atoms with Crippen LogP contribution in [0.15, 0.2) is 85.2 Å². The minimum Gasteiger partial charge on any atom is -0.493 e. The molecular weight excluding hydrogens is 694 g/mol. The molecule has 284 valence electrons. The van der Waals surface area contributed by atoms with Crippen LogP contribution >= 0.6 is 0 Å². The maximum absolute atomic E-state index is 13.8. The Hall–Kier alpha value is -6.38. The Morgan fingerprint density at radius 1 is 0.870 bits per heavy atom. The number of benzene rings is 3. The van der Waals surface area contributed by atoms with Gasteiger partial charge in [0.25, 0.3) is 11.8 Å². The number of amides is 5. The highest BCUT2D eigenvalue weighted by molar-refractivity contribution is 5.99. The first-order chi connectivity index (χ1) is 26.1. The van der Waals surface area contributed by atoms with Gasteiger partial charge in [0.1, 0.15) is 12.1 Å². The Kier molecular flexibility index (Phi) is 13.6. The molecule has 0 unspecified atom stereocenters. The van der Waals surface area contributed by atoms with E-state index in [-0.39, 0.29) is 67.6 Å². The second-order valence-corrected chi connectivity index (χ2v) is 12.6. The molecule has 0 spiro atoms. The van der Waals surface area contributed by atoms with Crippen molar-refractivity contribution < 1.29 is 38.2 Å². The zero-order valence-electron chi connectivity index (χ0n) is 30.5. The molecule has 4 N–H and O–H groups in total. The minimum atomic E-state index is -1.04. The molecule has 3 heterocycles. The molecule has 15 nitrogen and oxygen atoms in total. The van der Waals surface area contributed by atoms with E-state index in [4.69, 9.17) is 14.2 Å². The van der Waals surface area contributed by atoms with Crippen molar-refractivity contribution in [3.05, 3.63) is 107 Å². The maximum atomic E-state index is 13.8. The van der Waals surface area contributed by atoms with Gasteiger partial charge in [-0.25, -0.2) is 0 Å². The van der Waals surface area contributed by atoms with Crippen LogP contribution in [0.5, 0.6) is 17.2 Å². The van der Waals surface area contributed by atoms with E-state index < -0.39 is 41.6 Å². The number of ether oxygens (including phenoxy) is 3. The van der Waals surface area contributed by atoms with Crippen molar-refractivity contribution >= 4 is 29.5 Å². The van der Waals surface area contributed by atoms with Gasteiger partial charge in [-0.3, -0.25) is 28.7 Å². The third-order valence-electron chi connectivity index (χ3n) is 8.64. The van der Waals surface area contributed by atoms with E-state index in [1.54, 1.807) is 10.9 Å². The van der Waals surface area contributed by atoms with Gasteiger partial charge >= 0.3 is 0 Å². The second kappa shape index (κ2) is 18.9. The van der Waals surface area contributed by atoms with Gasteiger partial charge in [-0.05, 0) is 36.6 Å². The highest BCUT2D eigenvalue weighted by atomic mass is 16.5. The molecule has 5 amide bonds. The number of rotatable bonds is 7. The summed E-state index contributed by atoms with van der Waals surface area (Å²) in [4.78, 5) is 68.6. The van der Waals surface area contributed by atoms with Gasteiger partial charge in [-0.2, -0.15) is 5.10 Å². The monoisotopic (exact) mass is 739 g/mol. The number of methoxy groups -OCH3 is 2. The number of carbonyl (C=O) groups is 5. The Morgan fingerprint density at radius 3 is 2.20 bits per heavy atom. The molecule has 0 saturated heterocycles. The van der Waals surface area contributed by atoms with E-state index >= 15 is 0 Å². The lowest BCUT2D eigenvalue weighted by molar-refractivity contribution is -0.129. The molecule has 0 aliphatic carbocycles. The van der Waals surface area contributed by atoms with E-state index in [0.29, 0.717) is 13.0 Å². The van der Waals surface area contributed by atoms with Crippen molar-refractivity contribution in [2.75, 3.05) is 47.0 Å². The molecule has 2 aliphatic heterocycles. The summed E-state index contributed by atoms with van der Waals surface area (Å²) < 4.78 is 18.6. The van der Waals surface area contributed by atoms with E-state index in [0.717, 1.165) is 11.1 Å². The highest BCUT2D eigenvalue weighted by Gasteiger charge is 2.27. The number of nitrogens with one attached hydrogen (secondary N) is 4. The number of nitrogens with zero attached hydrogens (tertiary/aromatic N) is 3. The van der Waals surface area contributed by atoms with E-state index in [2.05, 4.69) is 26.4 Å². The standard InChI is InChI=1S/C39H45N7O8/c1-26-36(48)44-31(19-27-11-6-4-7-12-27)38(50)41-16-17-45(39(51)30-22-42-46(24-30)23-28-13-8-5-9-14-28)25-34(47)40-15-10-18-54-35-32(52-2)20-29(37(49)43-26)21-33(35)53-3/h4-9,11-14,20-22,24,26,31H,10,15-19,23,25H2,1-3H3,(H,40,47)(H,41,50)(H,43,49)(H,44,48)/t26-,31+/m0/s1. The number of fused-ring (bicyclic) bond motifs is 19. The highest BCUT2D eigenvalue weighted by Crippen LogP contribution is 2.38. The Labute approximate surface area is 313 Å². The van der Waals surface area contributed by atoms with Crippen molar-refractivity contribution in [3.8, 4) is 17.2 Å². The molecule has 2 atom stereocenters. The van der Waals surface area contributed by atoms with Crippen LogP contribution in [0.1, 0.15) is 45.2 Å². The molecule has 15 heteroatoms. The first-order valence-corrected chi connectivity index (χ1v) is 17.6. The topological polar surface area (TPSA) is 182 Å². The fraction of sp³-hybridized carbons (Fsp3) is 0.333. The van der Waals surface area contributed by atoms with E-state index in [1.165, 1.54) is 44.4 Å². The number of hydrogen-bond acceptors (Lipinski definition) is 9. The molecule has 4 aromatic rings. The molecule has 2 aliphatic rings. The fourth-order valence-corrected chi connectivity index (χ4v) is 5.76. The van der Waals surface area contributed by atoms with Crippen molar-refractivity contribution in [2.24, 2.45) is 0 Å². The van der Waals surface area contributed by atoms with Crippen LogP contribution in [0.4, 0.5) is 0 Å². The summed E-state index contributed by atoms with van der Waals surface area (Å²) in [5.74, 6) is -1.83. The zero-order valence-corrected chi connectivity index (χ0v) is 30.5. The molecule has 1 aromatic heterocycles. The quantitative estimate of drug-likeness (QED) is 0.206. The Bertz CT molecular complexity index is 1890. The van der Waals surface area contributed by atoms with E-state index in [9.17, 15) is 24.0 Å². The summed E-state index contributed by atoms with van der Waals surface area (Å²) in [6.45, 7) is 2.03. The summed E-state index contributed by atoms with van der Waals surface area (Å²) in [6.07, 6.45) is 3.61. The molecule has 0 radical (unpaired) electrons. The van der Waals surface area contributed by atoms with Crippen molar-refractivity contribution in [1.82, 2.24) is 35.9 Å². The van der Waals surface area contributed by atoms with Crippen LogP contribution in [0.3, 0.4) is 0 Å². The van der Waals surface area contributed by atoms with Gasteiger partial charge in [0.05, 0.1) is 45.7 Å². The van der Waals surface area contributed by atoms with Crippen LogP contribution in [-0.4, -0.2) is 103 Å². The largest absolute Gasteiger partial charge is 0.493 e. The van der Waals surface area contributed by atoms with E-state index in [1.807, 2.05) is 60.7 Å². The third-order valence-corrected chi connectivity index (χ3v) is 8.64. The van der Waals surface area contributed by atoms with Gasteiger partial charge in [-0.1, -0.05) is 60.7 Å². The van der Waals surface area contributed by atoms with Gasteiger partial charge in [0.15, 0.2) is 11.5 Å². The predicted octanol–water partition coefficient (Wildman–Crippen LogP) is 1.95. The zero-order chi connectivity index (χ0) is 38.5. The normalized spacial score (nSPS) is 17.8. The Balaban J connectivity index is 1.38. The summed E-state index contributed by atoms with van der Waals surface area (Å²) in [7, 11) is 2.84. The summed E-state index contributed by atoms with van der Waals surface area (Å²) in [6, 6.07) is 19.7. The number of carbonyl (C=O) groups excluding carboxylic acids is 5. The second-order valence-electron chi connectivity index (χ2n) is 12.6. The SMILES string of the molecule is COc1cc2cc(OC)c1OCCCNC(=O)CN(C(=O)c1cnn(Cc3ccccc3)c1)CCNC(=O)[C@@H](Cc1ccccc1)NC(=O)[C@H](C)NC2=O. The average molecular weight is 740 g/mol. The van der Waals surface area contributed by atoms with Gasteiger partial charge in [0, 0.05) is 37.8 Å². The predicted molar refractivity (Wildman–Crippen MR) is 198 cm³/mol. The molecule has 0 saturated carbocycles. The first kappa shape index (κ1) is 38.8. The van der Waals surface area contributed by atoms with Crippen molar-refractivity contribution in [2.45, 2.75) is 38.4 Å². The average Bonchev–Trinajstić information content (AvgIpc) is 3.65. The smallest absolute Gasteiger partial charge is 0.257 e. The molecule has 2 bridgehead atoms. The van der Waals surface area contributed by atoms with Crippen LogP contribution < -0.4 is 35.5 Å². The molecule has 6 rings (SSSR count). The van der Waals surface area contributed by atoms with Crippen LogP contribution in [0.25, 0.3) is 0 Å². The third kappa shape index (κ3) is 10.6. The summed E-state index contributed by atoms with van der Waals surface area (Å²) >= 11 is 0. The number of hydrogen-bond donors (Lipinski definition) is 4. The summed E-state index contributed by atoms with van der Waals surface area (Å²) in [5, 5.41) is 15.4. The van der Waals surface area contributed by atoms with Gasteiger partial charge < -0.3 is 40.4 Å². The van der Waals surface area contributed by atoms with Crippen LogP contribution in [-0.2, 0) is 27.3 Å². The molecule has 54 heavy (non-hydrogen) atoms. The lowest BCUT2D eigenvalue weighted by atomic mass is 10.0. The van der Waals surface area contributed by atoms with Crippen molar-refractivity contribution in [1.29, 1.82) is 0 Å². The molecule has 3 aromatic carbocycles. The maximum Gasteiger partial charge on any atom is 0.257 e. The minimum absolute atomic E-state index is 0.0153. The molecular formula is C39H45N7O8. The Morgan fingerprint density at radius 2 is 1.54 bits per heavy atom. The van der Waals surface area contributed by atoms with Gasteiger partial charge in [-0.15, -0.1) is 0 Å². The fourth-order valence-electron chi connectivity index (χ4n) is 5.76. The lowest BCUT2D eigenvalue weighted by Crippen LogP contribution is -2.54. The molecule has 0 fully saturated rings. The first-order valence-electron chi connectivity index (χ1n) is 17.6. The number of aromatic nitrogens is 2. The lowest BCUT2D eigenvalue weighted by Gasteiger charge is -2.24. The van der Waals surface area contributed by atoms with Crippen LogP contribution in [0.2, 0.25) is 0 Å². The van der Waals surface area contributed by atoms with Gasteiger partial charge in [0.2, 0.25) is 23.5 Å². The summed E-state index contributed by atoms with van der Waals surface area (Å²) in [5.41, 5.74) is 2.23.